The molecule has 0 unspecified atom stereocenters. The van der Waals surface area contributed by atoms with Crippen molar-refractivity contribution in [3.05, 3.63) is 77.5 Å². The molecule has 0 radical (unpaired) electrons. The van der Waals surface area contributed by atoms with Crippen molar-refractivity contribution >= 4 is 5.97 Å². The van der Waals surface area contributed by atoms with Crippen LogP contribution in [0.5, 0.6) is 0 Å². The summed E-state index contributed by atoms with van der Waals surface area (Å²) in [5.74, 6) is -0.265. The highest BCUT2D eigenvalue weighted by atomic mass is 16.5. The van der Waals surface area contributed by atoms with Crippen molar-refractivity contribution in [3.8, 4) is 16.9 Å². The Labute approximate surface area is 160 Å². The van der Waals surface area contributed by atoms with Gasteiger partial charge in [0, 0.05) is 11.4 Å². The number of carbonyl (C=O) groups excluding carboxylic acids is 1. The van der Waals surface area contributed by atoms with Gasteiger partial charge in [0.25, 0.3) is 0 Å². The summed E-state index contributed by atoms with van der Waals surface area (Å²) in [6, 6.07) is 20.7. The third-order valence-electron chi connectivity index (χ3n) is 5.26. The topological polar surface area (TPSA) is 31.2 Å². The van der Waals surface area contributed by atoms with Crippen molar-refractivity contribution in [2.24, 2.45) is 0 Å². The van der Waals surface area contributed by atoms with Gasteiger partial charge < -0.3 is 9.30 Å². The number of esters is 1. The van der Waals surface area contributed by atoms with Crippen LogP contribution in [0.15, 0.2) is 60.7 Å². The van der Waals surface area contributed by atoms with Crippen LogP contribution >= 0.6 is 0 Å². The van der Waals surface area contributed by atoms with E-state index in [1.165, 1.54) is 41.8 Å². The van der Waals surface area contributed by atoms with E-state index in [4.69, 9.17) is 4.74 Å². The lowest BCUT2D eigenvalue weighted by Gasteiger charge is -2.15. The first-order chi connectivity index (χ1) is 13.3. The Morgan fingerprint density at radius 3 is 2.44 bits per heavy atom. The van der Waals surface area contributed by atoms with Gasteiger partial charge in [0.2, 0.25) is 0 Å². The van der Waals surface area contributed by atoms with Crippen LogP contribution in [0, 0.1) is 0 Å². The molecule has 1 aromatic heterocycles. The zero-order valence-electron chi connectivity index (χ0n) is 15.8. The first kappa shape index (κ1) is 17.6. The van der Waals surface area contributed by atoms with Crippen LogP contribution in [0.25, 0.3) is 16.9 Å². The molecule has 0 bridgehead atoms. The fourth-order valence-corrected chi connectivity index (χ4v) is 3.95. The Morgan fingerprint density at radius 2 is 1.70 bits per heavy atom. The second-order valence-corrected chi connectivity index (χ2v) is 7.03. The van der Waals surface area contributed by atoms with Gasteiger partial charge >= 0.3 is 5.97 Å². The molecule has 27 heavy (non-hydrogen) atoms. The lowest BCUT2D eigenvalue weighted by atomic mass is 10.1. The highest BCUT2D eigenvalue weighted by Gasteiger charge is 2.19. The van der Waals surface area contributed by atoms with E-state index in [9.17, 15) is 4.79 Å². The van der Waals surface area contributed by atoms with Gasteiger partial charge in [0.15, 0.2) is 0 Å². The first-order valence-electron chi connectivity index (χ1n) is 9.84. The number of aromatic nitrogens is 1. The Morgan fingerprint density at radius 1 is 0.963 bits per heavy atom. The Kier molecular flexibility index (Phi) is 5.10. The Bertz CT molecular complexity index is 923. The van der Waals surface area contributed by atoms with Crippen LogP contribution in [0.1, 0.15) is 47.8 Å². The van der Waals surface area contributed by atoms with E-state index in [0.717, 1.165) is 18.5 Å². The van der Waals surface area contributed by atoms with E-state index < -0.39 is 0 Å². The molecular formula is C24H25NO2. The van der Waals surface area contributed by atoms with E-state index in [0.29, 0.717) is 12.2 Å². The molecule has 2 aromatic carbocycles. The molecule has 0 amide bonds. The number of rotatable bonds is 4. The highest BCUT2D eigenvalue weighted by Crippen LogP contribution is 2.33. The van der Waals surface area contributed by atoms with Crippen molar-refractivity contribution in [3.63, 3.8) is 0 Å². The fourth-order valence-electron chi connectivity index (χ4n) is 3.95. The predicted molar refractivity (Wildman–Crippen MR) is 108 cm³/mol. The summed E-state index contributed by atoms with van der Waals surface area (Å²) >= 11 is 0. The SMILES string of the molecule is CCOC(=O)c1ccc(-n2c(-c3ccccc3)cc3c2CCCCC3)cc1. The molecule has 4 rings (SSSR count). The van der Waals surface area contributed by atoms with Crippen LogP contribution in [-0.2, 0) is 17.6 Å². The second-order valence-electron chi connectivity index (χ2n) is 7.03. The molecule has 3 heteroatoms. The van der Waals surface area contributed by atoms with Gasteiger partial charge in [-0.25, -0.2) is 4.79 Å². The van der Waals surface area contributed by atoms with Crippen molar-refractivity contribution in [2.75, 3.05) is 6.61 Å². The Hall–Kier alpha value is -2.81. The van der Waals surface area contributed by atoms with Crippen LogP contribution in [0.3, 0.4) is 0 Å². The van der Waals surface area contributed by atoms with Crippen molar-refractivity contribution in [1.82, 2.24) is 4.57 Å². The summed E-state index contributed by atoms with van der Waals surface area (Å²) in [4.78, 5) is 12.0. The number of benzene rings is 2. The normalized spacial score (nSPS) is 13.7. The number of ether oxygens (including phenoxy) is 1. The third-order valence-corrected chi connectivity index (χ3v) is 5.26. The smallest absolute Gasteiger partial charge is 0.338 e. The first-order valence-corrected chi connectivity index (χ1v) is 9.84. The quantitative estimate of drug-likeness (QED) is 0.449. The number of hydrogen-bond donors (Lipinski definition) is 0. The molecule has 0 saturated carbocycles. The summed E-state index contributed by atoms with van der Waals surface area (Å²) in [5.41, 5.74) is 7.02. The third kappa shape index (κ3) is 3.55. The highest BCUT2D eigenvalue weighted by molar-refractivity contribution is 5.89. The molecule has 0 atom stereocenters. The maximum Gasteiger partial charge on any atom is 0.338 e. The van der Waals surface area contributed by atoms with Crippen molar-refractivity contribution < 1.29 is 9.53 Å². The van der Waals surface area contributed by atoms with Gasteiger partial charge in [-0.05, 0) is 74.1 Å². The maximum absolute atomic E-state index is 12.0. The number of carbonyl (C=O) groups is 1. The van der Waals surface area contributed by atoms with Gasteiger partial charge in [-0.3, -0.25) is 0 Å². The summed E-state index contributed by atoms with van der Waals surface area (Å²) < 4.78 is 7.49. The molecule has 1 heterocycles. The zero-order valence-corrected chi connectivity index (χ0v) is 15.8. The summed E-state index contributed by atoms with van der Waals surface area (Å²) in [6.07, 6.45) is 6.02. The van der Waals surface area contributed by atoms with Gasteiger partial charge in [-0.1, -0.05) is 36.8 Å². The summed E-state index contributed by atoms with van der Waals surface area (Å²) in [5, 5.41) is 0. The monoisotopic (exact) mass is 359 g/mol. The van der Waals surface area contributed by atoms with Crippen LogP contribution in [0.4, 0.5) is 0 Å². The number of hydrogen-bond acceptors (Lipinski definition) is 2. The molecule has 0 aliphatic heterocycles. The summed E-state index contributed by atoms with van der Waals surface area (Å²) in [7, 11) is 0. The zero-order chi connectivity index (χ0) is 18.6. The molecule has 3 nitrogen and oxygen atoms in total. The lowest BCUT2D eigenvalue weighted by molar-refractivity contribution is 0.0526. The fraction of sp³-hybridized carbons (Fsp3) is 0.292. The molecule has 0 fully saturated rings. The van der Waals surface area contributed by atoms with Crippen molar-refractivity contribution in [2.45, 2.75) is 39.0 Å². The number of fused-ring (bicyclic) bond motifs is 1. The molecule has 0 N–H and O–H groups in total. The van der Waals surface area contributed by atoms with E-state index in [1.54, 1.807) is 0 Å². The number of nitrogens with zero attached hydrogens (tertiary/aromatic N) is 1. The average molecular weight is 359 g/mol. The molecule has 3 aromatic rings. The molecule has 1 aliphatic rings. The van der Waals surface area contributed by atoms with E-state index in [-0.39, 0.29) is 5.97 Å². The predicted octanol–water partition coefficient (Wildman–Crippen LogP) is 5.59. The second kappa shape index (κ2) is 7.83. The minimum Gasteiger partial charge on any atom is -0.462 e. The van der Waals surface area contributed by atoms with Gasteiger partial charge in [0.05, 0.1) is 17.9 Å². The molecule has 1 aliphatic carbocycles. The lowest BCUT2D eigenvalue weighted by Crippen LogP contribution is -2.06. The standard InChI is InChI=1S/C24H25NO2/c1-2-27-24(26)19-13-15-21(16-14-19)25-22-12-8-4-7-11-20(22)17-23(25)18-9-5-3-6-10-18/h3,5-6,9-10,13-17H,2,4,7-8,11-12H2,1H3. The molecule has 138 valence electrons. The van der Waals surface area contributed by atoms with E-state index in [2.05, 4.69) is 41.0 Å². The largest absolute Gasteiger partial charge is 0.462 e. The van der Waals surface area contributed by atoms with Gasteiger partial charge in [-0.2, -0.15) is 0 Å². The van der Waals surface area contributed by atoms with E-state index >= 15 is 0 Å². The minimum absolute atomic E-state index is 0.265. The van der Waals surface area contributed by atoms with E-state index in [1.807, 2.05) is 31.2 Å². The molecule has 0 spiro atoms. The maximum atomic E-state index is 12.0. The Balaban J connectivity index is 1.81. The van der Waals surface area contributed by atoms with Crippen LogP contribution in [-0.4, -0.2) is 17.1 Å². The van der Waals surface area contributed by atoms with Gasteiger partial charge in [0.1, 0.15) is 0 Å². The summed E-state index contributed by atoms with van der Waals surface area (Å²) in [6.45, 7) is 2.22. The van der Waals surface area contributed by atoms with Crippen LogP contribution < -0.4 is 0 Å². The average Bonchev–Trinajstić information content (AvgIpc) is 2.91. The minimum atomic E-state index is -0.265. The van der Waals surface area contributed by atoms with Gasteiger partial charge in [-0.15, -0.1) is 0 Å². The van der Waals surface area contributed by atoms with Crippen molar-refractivity contribution in [1.29, 1.82) is 0 Å². The molecular weight excluding hydrogens is 334 g/mol. The molecule has 0 saturated heterocycles. The number of aryl methyl sites for hydroxylation is 1. The van der Waals surface area contributed by atoms with Crippen LogP contribution in [0.2, 0.25) is 0 Å².